The maximum atomic E-state index is 12.6. The van der Waals surface area contributed by atoms with Crippen LogP contribution in [0.3, 0.4) is 0 Å². The lowest BCUT2D eigenvalue weighted by molar-refractivity contribution is -0.135. The quantitative estimate of drug-likeness (QED) is 0.487. The van der Waals surface area contributed by atoms with Crippen LogP contribution >= 0.6 is 15.9 Å². The number of benzene rings is 2. The first-order valence-electron chi connectivity index (χ1n) is 10.2. The second-order valence-corrected chi connectivity index (χ2v) is 8.59. The van der Waals surface area contributed by atoms with E-state index in [2.05, 4.69) is 43.3 Å². The summed E-state index contributed by atoms with van der Waals surface area (Å²) in [4.78, 5) is 32.4. The zero-order valence-corrected chi connectivity index (χ0v) is 18.4. The number of carbonyl (C=O) groups is 2. The molecule has 4 rings (SSSR count). The average Bonchev–Trinajstić information content (AvgIpc) is 2.79. The molecule has 1 aliphatic carbocycles. The van der Waals surface area contributed by atoms with Crippen LogP contribution in [0.15, 0.2) is 41.0 Å². The van der Waals surface area contributed by atoms with E-state index >= 15 is 0 Å². The number of hydrogen-bond acceptors (Lipinski definition) is 5. The van der Waals surface area contributed by atoms with Gasteiger partial charge in [-0.3, -0.25) is 14.6 Å². The van der Waals surface area contributed by atoms with Crippen molar-refractivity contribution >= 4 is 38.8 Å². The first kappa shape index (κ1) is 21.2. The van der Waals surface area contributed by atoms with Gasteiger partial charge in [0, 0.05) is 5.56 Å². The van der Waals surface area contributed by atoms with E-state index in [-0.39, 0.29) is 21.3 Å². The van der Waals surface area contributed by atoms with Crippen molar-refractivity contribution in [3.63, 3.8) is 0 Å². The van der Waals surface area contributed by atoms with Crippen LogP contribution in [0.25, 0.3) is 22.3 Å². The summed E-state index contributed by atoms with van der Waals surface area (Å²) in [7, 11) is 0. The standard InChI is InChI=1S/C23H22BrN3O4/c24-16-10-17-21(20(22(16)30)23(31)26-12-19(28)29)27-18(11-25-17)15-8-6-14(7-9-15)13-4-2-1-3-5-13/h6-11,13,30H,1-5,12H2,(H,26,31)(H,28,29). The first-order chi connectivity index (χ1) is 14.9. The van der Waals surface area contributed by atoms with Gasteiger partial charge in [0.05, 0.1) is 21.9 Å². The fourth-order valence-corrected chi connectivity index (χ4v) is 4.48. The molecule has 7 nitrogen and oxygen atoms in total. The SMILES string of the molecule is O=C(O)CNC(=O)c1c(O)c(Br)cc2ncc(-c3ccc(C4CCCCC4)cc3)nc12. The minimum Gasteiger partial charge on any atom is -0.506 e. The Labute approximate surface area is 187 Å². The number of aliphatic carboxylic acids is 1. The largest absolute Gasteiger partial charge is 0.506 e. The van der Waals surface area contributed by atoms with E-state index < -0.39 is 18.4 Å². The van der Waals surface area contributed by atoms with Gasteiger partial charge >= 0.3 is 5.97 Å². The Balaban J connectivity index is 1.71. The lowest BCUT2D eigenvalue weighted by Crippen LogP contribution is -2.29. The van der Waals surface area contributed by atoms with E-state index in [0.717, 1.165) is 5.56 Å². The molecule has 160 valence electrons. The molecular formula is C23H22BrN3O4. The molecular weight excluding hydrogens is 462 g/mol. The van der Waals surface area contributed by atoms with Gasteiger partial charge in [0.15, 0.2) is 0 Å². The molecule has 0 saturated heterocycles. The summed E-state index contributed by atoms with van der Waals surface area (Å²) in [6.07, 6.45) is 7.92. The number of aromatic hydroxyl groups is 1. The molecule has 0 spiro atoms. The molecule has 0 bridgehead atoms. The Kier molecular flexibility index (Phi) is 6.18. The van der Waals surface area contributed by atoms with Crippen LogP contribution in [0.5, 0.6) is 5.75 Å². The van der Waals surface area contributed by atoms with Crippen LogP contribution in [0, 0.1) is 0 Å². The van der Waals surface area contributed by atoms with Crippen LogP contribution in [-0.4, -0.2) is 38.6 Å². The van der Waals surface area contributed by atoms with Crippen molar-refractivity contribution in [1.29, 1.82) is 0 Å². The lowest BCUT2D eigenvalue weighted by atomic mass is 9.84. The van der Waals surface area contributed by atoms with Crippen molar-refractivity contribution < 1.29 is 19.8 Å². The number of carboxylic acids is 1. The summed E-state index contributed by atoms with van der Waals surface area (Å²) in [6.45, 7) is -0.567. The molecule has 0 aliphatic heterocycles. The van der Waals surface area contributed by atoms with E-state index in [4.69, 9.17) is 5.11 Å². The number of carboxylic acid groups (broad SMARTS) is 1. The minimum atomic E-state index is -1.18. The number of fused-ring (bicyclic) bond motifs is 1. The van der Waals surface area contributed by atoms with Crippen molar-refractivity contribution in [2.75, 3.05) is 6.54 Å². The van der Waals surface area contributed by atoms with Crippen LogP contribution in [0.1, 0.15) is 53.9 Å². The Hall–Kier alpha value is -3.00. The van der Waals surface area contributed by atoms with E-state index in [1.165, 1.54) is 37.7 Å². The van der Waals surface area contributed by atoms with Crippen molar-refractivity contribution in [3.8, 4) is 17.0 Å². The van der Waals surface area contributed by atoms with Crippen molar-refractivity contribution in [2.45, 2.75) is 38.0 Å². The zero-order chi connectivity index (χ0) is 22.0. The number of amides is 1. The van der Waals surface area contributed by atoms with Gasteiger partial charge in [-0.25, -0.2) is 4.98 Å². The monoisotopic (exact) mass is 483 g/mol. The molecule has 31 heavy (non-hydrogen) atoms. The maximum absolute atomic E-state index is 12.6. The normalized spacial score (nSPS) is 14.5. The van der Waals surface area contributed by atoms with Gasteiger partial charge < -0.3 is 15.5 Å². The van der Waals surface area contributed by atoms with E-state index in [1.807, 2.05) is 12.1 Å². The van der Waals surface area contributed by atoms with Crippen molar-refractivity contribution in [1.82, 2.24) is 15.3 Å². The van der Waals surface area contributed by atoms with E-state index in [0.29, 0.717) is 17.1 Å². The minimum absolute atomic E-state index is 0.112. The van der Waals surface area contributed by atoms with Gasteiger partial charge in [0.2, 0.25) is 0 Å². The highest BCUT2D eigenvalue weighted by molar-refractivity contribution is 9.10. The van der Waals surface area contributed by atoms with Crippen LogP contribution in [0.4, 0.5) is 0 Å². The molecule has 0 unspecified atom stereocenters. The van der Waals surface area contributed by atoms with Crippen LogP contribution < -0.4 is 5.32 Å². The number of rotatable bonds is 5. The number of halogens is 1. The molecule has 0 radical (unpaired) electrons. The average molecular weight is 484 g/mol. The molecule has 1 amide bonds. The van der Waals surface area contributed by atoms with Gasteiger partial charge in [-0.15, -0.1) is 0 Å². The lowest BCUT2D eigenvalue weighted by Gasteiger charge is -2.22. The second kappa shape index (κ2) is 9.01. The van der Waals surface area contributed by atoms with E-state index in [1.54, 1.807) is 12.3 Å². The number of phenols is 1. The molecule has 1 aromatic heterocycles. The topological polar surface area (TPSA) is 112 Å². The van der Waals surface area contributed by atoms with E-state index in [9.17, 15) is 14.7 Å². The molecule has 1 saturated carbocycles. The number of nitrogens with one attached hydrogen (secondary N) is 1. The maximum Gasteiger partial charge on any atom is 0.322 e. The summed E-state index contributed by atoms with van der Waals surface area (Å²) in [6, 6.07) is 9.82. The Morgan fingerprint density at radius 1 is 1.13 bits per heavy atom. The van der Waals surface area contributed by atoms with Crippen LogP contribution in [0.2, 0.25) is 0 Å². The zero-order valence-electron chi connectivity index (χ0n) is 16.8. The van der Waals surface area contributed by atoms with Gasteiger partial charge in [-0.2, -0.15) is 0 Å². The third-order valence-corrected chi connectivity index (χ3v) is 6.28. The highest BCUT2D eigenvalue weighted by Crippen LogP contribution is 2.35. The van der Waals surface area contributed by atoms with Gasteiger partial charge in [-0.05, 0) is 46.3 Å². The summed E-state index contributed by atoms with van der Waals surface area (Å²) >= 11 is 3.21. The Bertz CT molecular complexity index is 1140. The summed E-state index contributed by atoms with van der Waals surface area (Å²) in [5.41, 5.74) is 3.25. The predicted octanol–water partition coefficient (Wildman–Crippen LogP) is 4.63. The molecule has 0 atom stereocenters. The highest BCUT2D eigenvalue weighted by Gasteiger charge is 2.21. The fraction of sp³-hybridized carbons (Fsp3) is 0.304. The molecule has 1 heterocycles. The van der Waals surface area contributed by atoms with Gasteiger partial charge in [0.1, 0.15) is 23.4 Å². The Morgan fingerprint density at radius 3 is 2.52 bits per heavy atom. The number of hydrogen-bond donors (Lipinski definition) is 3. The summed E-state index contributed by atoms with van der Waals surface area (Å²) in [5.74, 6) is -1.62. The third kappa shape index (κ3) is 4.54. The Morgan fingerprint density at radius 2 is 1.84 bits per heavy atom. The summed E-state index contributed by atoms with van der Waals surface area (Å²) < 4.78 is 0.277. The summed E-state index contributed by atoms with van der Waals surface area (Å²) in [5, 5.41) is 21.6. The molecule has 1 fully saturated rings. The number of aromatic nitrogens is 2. The second-order valence-electron chi connectivity index (χ2n) is 7.74. The molecule has 8 heteroatoms. The van der Waals surface area contributed by atoms with Crippen LogP contribution in [-0.2, 0) is 4.79 Å². The van der Waals surface area contributed by atoms with Gasteiger partial charge in [0.25, 0.3) is 5.91 Å². The van der Waals surface area contributed by atoms with Crippen molar-refractivity contribution in [2.24, 2.45) is 0 Å². The number of phenolic OH excluding ortho intramolecular Hbond substituents is 1. The number of carbonyl (C=O) groups excluding carboxylic acids is 1. The smallest absolute Gasteiger partial charge is 0.322 e. The molecule has 3 N–H and O–H groups in total. The molecule has 3 aromatic rings. The number of nitrogens with zero attached hydrogens (tertiary/aromatic N) is 2. The fourth-order valence-electron chi connectivity index (χ4n) is 4.07. The molecule has 2 aromatic carbocycles. The third-order valence-electron chi connectivity index (χ3n) is 5.67. The highest BCUT2D eigenvalue weighted by atomic mass is 79.9. The predicted molar refractivity (Wildman–Crippen MR) is 120 cm³/mol. The van der Waals surface area contributed by atoms with Gasteiger partial charge in [-0.1, -0.05) is 43.5 Å². The molecule has 1 aliphatic rings. The first-order valence-corrected chi connectivity index (χ1v) is 11.0. The van der Waals surface area contributed by atoms with Crippen molar-refractivity contribution in [3.05, 3.63) is 52.1 Å².